The number of hydrogen-bond donors (Lipinski definition) is 1. The second kappa shape index (κ2) is 11.4. The molecule has 0 unspecified atom stereocenters. The van der Waals surface area contributed by atoms with E-state index in [0.717, 1.165) is 5.56 Å². The van der Waals surface area contributed by atoms with Gasteiger partial charge >= 0.3 is 6.01 Å². The summed E-state index contributed by atoms with van der Waals surface area (Å²) in [5.41, 5.74) is 1.75. The molecule has 1 aromatic heterocycles. The third-order valence-corrected chi connectivity index (χ3v) is 5.48. The molecule has 0 saturated heterocycles. The van der Waals surface area contributed by atoms with E-state index in [0.29, 0.717) is 40.4 Å². The number of thioether (sulfide) groups is 1. The van der Waals surface area contributed by atoms with Crippen molar-refractivity contribution in [2.24, 2.45) is 0 Å². The van der Waals surface area contributed by atoms with Gasteiger partial charge in [-0.05, 0) is 41.5 Å². The Kier molecular flexibility index (Phi) is 8.37. The molecule has 2 aromatic carbocycles. The van der Waals surface area contributed by atoms with Crippen LogP contribution in [0.1, 0.15) is 30.9 Å². The fourth-order valence-electron chi connectivity index (χ4n) is 3.02. The molecule has 1 N–H and O–H groups in total. The summed E-state index contributed by atoms with van der Waals surface area (Å²) in [6.45, 7) is 4.32. The summed E-state index contributed by atoms with van der Waals surface area (Å²) in [7, 11) is 4.59. The third-order valence-electron chi connectivity index (χ3n) is 4.46. The van der Waals surface area contributed by atoms with E-state index in [1.165, 1.54) is 32.3 Å². The largest absolute Gasteiger partial charge is 0.493 e. The van der Waals surface area contributed by atoms with E-state index >= 15 is 0 Å². The zero-order chi connectivity index (χ0) is 23.8. The normalized spacial score (nSPS) is 11.1. The van der Waals surface area contributed by atoms with Crippen molar-refractivity contribution in [2.75, 3.05) is 26.6 Å². The predicted molar refractivity (Wildman–Crippen MR) is 128 cm³/mol. The van der Waals surface area contributed by atoms with E-state index in [1.54, 1.807) is 18.2 Å². The maximum atomic E-state index is 12.3. The van der Waals surface area contributed by atoms with Gasteiger partial charge in [0.15, 0.2) is 11.5 Å². The highest BCUT2D eigenvalue weighted by Gasteiger charge is 2.13. The number of hydrogen-bond acceptors (Lipinski definition) is 8. The van der Waals surface area contributed by atoms with Gasteiger partial charge in [0.1, 0.15) is 0 Å². The van der Waals surface area contributed by atoms with Crippen molar-refractivity contribution in [3.05, 3.63) is 59.5 Å². The first-order valence-electron chi connectivity index (χ1n) is 10.3. The van der Waals surface area contributed by atoms with Gasteiger partial charge in [-0.2, -0.15) is 0 Å². The van der Waals surface area contributed by atoms with Crippen LogP contribution in [0.15, 0.2) is 51.8 Å². The lowest BCUT2D eigenvalue weighted by Crippen LogP contribution is -2.07. The average molecular weight is 470 g/mol. The Morgan fingerprint density at radius 2 is 1.73 bits per heavy atom. The molecule has 1 heterocycles. The summed E-state index contributed by atoms with van der Waals surface area (Å²) < 4.78 is 21.5. The summed E-state index contributed by atoms with van der Waals surface area (Å²) in [6.07, 6.45) is 3.46. The molecule has 0 fully saturated rings. The summed E-state index contributed by atoms with van der Waals surface area (Å²) in [4.78, 5) is 13.5. The fourth-order valence-corrected chi connectivity index (χ4v) is 3.86. The Morgan fingerprint density at radius 1 is 1.06 bits per heavy atom. The molecule has 174 valence electrons. The van der Waals surface area contributed by atoms with Crippen LogP contribution in [0, 0.1) is 0 Å². The number of benzene rings is 2. The van der Waals surface area contributed by atoms with Crippen LogP contribution in [-0.2, 0) is 11.2 Å². The van der Waals surface area contributed by atoms with Crippen LogP contribution in [0.3, 0.4) is 0 Å². The van der Waals surface area contributed by atoms with Crippen molar-refractivity contribution in [3.63, 3.8) is 0 Å². The Labute approximate surface area is 197 Å². The van der Waals surface area contributed by atoms with Crippen LogP contribution in [0.2, 0.25) is 0 Å². The predicted octanol–water partition coefficient (Wildman–Crippen LogP) is 4.84. The van der Waals surface area contributed by atoms with E-state index < -0.39 is 5.91 Å². The van der Waals surface area contributed by atoms with Gasteiger partial charge in [0.2, 0.25) is 11.6 Å². The molecule has 9 heteroatoms. The monoisotopic (exact) mass is 469 g/mol. The maximum absolute atomic E-state index is 12.3. The molecular formula is C24H27N3O5S. The van der Waals surface area contributed by atoms with Gasteiger partial charge in [-0.15, -0.1) is 16.9 Å². The van der Waals surface area contributed by atoms with Gasteiger partial charge < -0.3 is 18.6 Å². The van der Waals surface area contributed by atoms with Crippen LogP contribution in [0.5, 0.6) is 17.2 Å². The van der Waals surface area contributed by atoms with Gasteiger partial charge in [-0.1, -0.05) is 31.1 Å². The smallest absolute Gasteiger partial charge is 0.322 e. The first-order valence-corrected chi connectivity index (χ1v) is 11.2. The third kappa shape index (κ3) is 6.76. The standard InChI is InChI=1S/C24H27N3O5S/c1-15(2)33-18-9-6-16(7-10-18)14-22-26-27-24(32-22)25-21(28)11-8-17-12-19(29-3)23(31-5)20(13-17)30-4/h6-13,15H,14H2,1-5H3,(H,25,27,28). The molecule has 0 aliphatic rings. The van der Waals surface area contributed by atoms with E-state index in [-0.39, 0.29) is 6.01 Å². The van der Waals surface area contributed by atoms with Gasteiger partial charge in [0.05, 0.1) is 27.8 Å². The summed E-state index contributed by atoms with van der Waals surface area (Å²) in [5, 5.41) is 11.0. The summed E-state index contributed by atoms with van der Waals surface area (Å²) in [6, 6.07) is 11.7. The Bertz CT molecular complexity index is 1080. The Morgan fingerprint density at radius 3 is 2.30 bits per heavy atom. The minimum atomic E-state index is -0.408. The van der Waals surface area contributed by atoms with Crippen LogP contribution >= 0.6 is 11.8 Å². The van der Waals surface area contributed by atoms with Crippen molar-refractivity contribution >= 4 is 29.8 Å². The molecule has 8 nitrogen and oxygen atoms in total. The first-order chi connectivity index (χ1) is 15.9. The molecule has 0 saturated carbocycles. The minimum Gasteiger partial charge on any atom is -0.493 e. The highest BCUT2D eigenvalue weighted by molar-refractivity contribution is 7.99. The quantitative estimate of drug-likeness (QED) is 0.333. The zero-order valence-electron chi connectivity index (χ0n) is 19.2. The molecule has 3 aromatic rings. The zero-order valence-corrected chi connectivity index (χ0v) is 20.1. The highest BCUT2D eigenvalue weighted by atomic mass is 32.2. The minimum absolute atomic E-state index is 0.0384. The molecule has 0 radical (unpaired) electrons. The van der Waals surface area contributed by atoms with Crippen LogP contribution < -0.4 is 19.5 Å². The fraction of sp³-hybridized carbons (Fsp3) is 0.292. The summed E-state index contributed by atoms with van der Waals surface area (Å²) >= 11 is 1.81. The highest BCUT2D eigenvalue weighted by Crippen LogP contribution is 2.38. The number of carbonyl (C=O) groups excluding carboxylic acids is 1. The molecule has 0 bridgehead atoms. The van der Waals surface area contributed by atoms with E-state index in [1.807, 2.05) is 23.9 Å². The van der Waals surface area contributed by atoms with Crippen molar-refractivity contribution in [1.82, 2.24) is 10.2 Å². The molecule has 0 spiro atoms. The molecule has 0 aliphatic heterocycles. The van der Waals surface area contributed by atoms with Crippen LogP contribution in [0.4, 0.5) is 6.01 Å². The van der Waals surface area contributed by atoms with E-state index in [2.05, 4.69) is 41.5 Å². The number of rotatable bonds is 10. The first kappa shape index (κ1) is 24.2. The number of carbonyl (C=O) groups is 1. The average Bonchev–Trinajstić information content (AvgIpc) is 3.24. The van der Waals surface area contributed by atoms with Crippen molar-refractivity contribution in [2.45, 2.75) is 30.4 Å². The van der Waals surface area contributed by atoms with Crippen LogP contribution in [0.25, 0.3) is 6.08 Å². The second-order valence-corrected chi connectivity index (χ2v) is 8.92. The summed E-state index contributed by atoms with van der Waals surface area (Å²) in [5.74, 6) is 1.48. The number of anilines is 1. The van der Waals surface area contributed by atoms with Crippen molar-refractivity contribution in [1.29, 1.82) is 0 Å². The number of methoxy groups -OCH3 is 3. The number of nitrogens with zero attached hydrogens (tertiary/aromatic N) is 2. The molecule has 0 aliphatic carbocycles. The van der Waals surface area contributed by atoms with Crippen molar-refractivity contribution < 1.29 is 23.4 Å². The van der Waals surface area contributed by atoms with E-state index in [4.69, 9.17) is 18.6 Å². The topological polar surface area (TPSA) is 95.7 Å². The number of amides is 1. The lowest BCUT2D eigenvalue weighted by atomic mass is 10.1. The van der Waals surface area contributed by atoms with Gasteiger partial charge in [0, 0.05) is 16.2 Å². The Balaban J connectivity index is 1.61. The van der Waals surface area contributed by atoms with Gasteiger partial charge in [-0.3, -0.25) is 10.1 Å². The van der Waals surface area contributed by atoms with Gasteiger partial charge in [-0.25, -0.2) is 0 Å². The molecule has 3 rings (SSSR count). The number of nitrogens with one attached hydrogen (secondary N) is 1. The lowest BCUT2D eigenvalue weighted by molar-refractivity contribution is -0.112. The number of aromatic nitrogens is 2. The molecule has 0 atom stereocenters. The SMILES string of the molecule is COc1cc(C=CC(=O)Nc2nnc(Cc3ccc(SC(C)C)cc3)o2)cc(OC)c1OC. The Hall–Kier alpha value is -3.46. The van der Waals surface area contributed by atoms with Crippen LogP contribution in [-0.4, -0.2) is 42.7 Å². The molecular weight excluding hydrogens is 442 g/mol. The van der Waals surface area contributed by atoms with Crippen molar-refractivity contribution in [3.8, 4) is 17.2 Å². The maximum Gasteiger partial charge on any atom is 0.322 e. The second-order valence-electron chi connectivity index (χ2n) is 7.27. The lowest BCUT2D eigenvalue weighted by Gasteiger charge is -2.12. The molecule has 33 heavy (non-hydrogen) atoms. The van der Waals surface area contributed by atoms with E-state index in [9.17, 15) is 4.79 Å². The number of ether oxygens (including phenoxy) is 3. The molecule has 1 amide bonds. The van der Waals surface area contributed by atoms with Gasteiger partial charge in [0.25, 0.3) is 5.91 Å².